The summed E-state index contributed by atoms with van der Waals surface area (Å²) in [5.41, 5.74) is 3.14. The number of hydrogen-bond donors (Lipinski definition) is 1. The molecule has 0 aliphatic carbocycles. The van der Waals surface area contributed by atoms with Crippen molar-refractivity contribution in [3.63, 3.8) is 0 Å². The number of rotatable bonds is 4. The zero-order valence-corrected chi connectivity index (χ0v) is 17.1. The van der Waals surface area contributed by atoms with Gasteiger partial charge in [0.1, 0.15) is 0 Å². The number of carbonyl (C=O) groups is 2. The molecular formula is C24H19N3O2S. The molecule has 148 valence electrons. The van der Waals surface area contributed by atoms with E-state index in [1.54, 1.807) is 4.90 Å². The summed E-state index contributed by atoms with van der Waals surface area (Å²) in [6, 6.07) is 26.4. The van der Waals surface area contributed by atoms with Crippen molar-refractivity contribution in [3.05, 3.63) is 95.4 Å². The van der Waals surface area contributed by atoms with E-state index in [-0.39, 0.29) is 11.8 Å². The fraction of sp³-hybridized carbons (Fsp3) is 0.0417. The largest absolute Gasteiger partial charge is 0.326 e. The number of nitrogens with one attached hydrogen (secondary N) is 1. The number of benzene rings is 3. The predicted octanol–water partition coefficient (Wildman–Crippen LogP) is 5.45. The molecule has 0 unspecified atom stereocenters. The van der Waals surface area contributed by atoms with Crippen molar-refractivity contribution >= 4 is 51.9 Å². The molecule has 1 aliphatic rings. The molecule has 3 aromatic rings. The van der Waals surface area contributed by atoms with Gasteiger partial charge in [0.15, 0.2) is 5.17 Å². The van der Waals surface area contributed by atoms with Gasteiger partial charge in [-0.2, -0.15) is 0 Å². The molecule has 1 saturated heterocycles. The summed E-state index contributed by atoms with van der Waals surface area (Å²) in [6.07, 6.45) is 1.84. The van der Waals surface area contributed by atoms with Crippen LogP contribution in [-0.2, 0) is 9.59 Å². The first-order valence-corrected chi connectivity index (χ1v) is 10.2. The standard InChI is InChI=1S/C24H19N3O2S/c1-17(28)25-20-14-12-18(13-15-20)16-22-23(29)27(21-10-6-3-7-11-21)24(30-22)26-19-8-4-2-5-9-19/h2-16H,1H3,(H,25,28). The van der Waals surface area contributed by atoms with Crippen LogP contribution in [0.2, 0.25) is 0 Å². The second kappa shape index (κ2) is 8.80. The Labute approximate surface area is 179 Å². The first-order chi connectivity index (χ1) is 14.6. The summed E-state index contributed by atoms with van der Waals surface area (Å²) < 4.78 is 0. The van der Waals surface area contributed by atoms with Gasteiger partial charge in [0.2, 0.25) is 5.91 Å². The molecule has 5 nitrogen and oxygen atoms in total. The molecule has 0 aromatic heterocycles. The van der Waals surface area contributed by atoms with Crippen LogP contribution in [0.3, 0.4) is 0 Å². The summed E-state index contributed by atoms with van der Waals surface area (Å²) in [6.45, 7) is 1.47. The van der Waals surface area contributed by atoms with Crippen LogP contribution in [0.5, 0.6) is 0 Å². The molecule has 0 saturated carbocycles. The van der Waals surface area contributed by atoms with Crippen LogP contribution in [0, 0.1) is 0 Å². The topological polar surface area (TPSA) is 61.8 Å². The molecule has 0 bridgehead atoms. The molecule has 1 N–H and O–H groups in total. The summed E-state index contributed by atoms with van der Waals surface area (Å²) >= 11 is 1.34. The number of aliphatic imine (C=N–C) groups is 1. The maximum Gasteiger partial charge on any atom is 0.271 e. The third-order valence-corrected chi connectivity index (χ3v) is 5.30. The Morgan fingerprint density at radius 3 is 2.20 bits per heavy atom. The van der Waals surface area contributed by atoms with E-state index >= 15 is 0 Å². The zero-order chi connectivity index (χ0) is 20.9. The normalized spacial score (nSPS) is 16.3. The molecule has 30 heavy (non-hydrogen) atoms. The maximum absolute atomic E-state index is 13.2. The minimum atomic E-state index is -0.122. The molecule has 1 heterocycles. The summed E-state index contributed by atoms with van der Waals surface area (Å²) in [7, 11) is 0. The summed E-state index contributed by atoms with van der Waals surface area (Å²) in [4.78, 5) is 31.3. The van der Waals surface area contributed by atoms with Gasteiger partial charge in [-0.3, -0.25) is 14.5 Å². The first kappa shape index (κ1) is 19.7. The second-order valence-corrected chi connectivity index (χ2v) is 7.63. The number of nitrogens with zero attached hydrogens (tertiary/aromatic N) is 2. The lowest BCUT2D eigenvalue weighted by molar-refractivity contribution is -0.114. The lowest BCUT2D eigenvalue weighted by Crippen LogP contribution is -2.28. The van der Waals surface area contributed by atoms with Crippen molar-refractivity contribution in [1.29, 1.82) is 0 Å². The van der Waals surface area contributed by atoms with Crippen LogP contribution in [0.1, 0.15) is 12.5 Å². The van der Waals surface area contributed by atoms with Crippen molar-refractivity contribution in [2.75, 3.05) is 10.2 Å². The van der Waals surface area contributed by atoms with Crippen LogP contribution in [0.15, 0.2) is 94.8 Å². The minimum Gasteiger partial charge on any atom is -0.326 e. The van der Waals surface area contributed by atoms with Crippen molar-refractivity contribution < 1.29 is 9.59 Å². The number of amidine groups is 1. The van der Waals surface area contributed by atoms with Crippen LogP contribution in [0.25, 0.3) is 6.08 Å². The van der Waals surface area contributed by atoms with E-state index in [9.17, 15) is 9.59 Å². The van der Waals surface area contributed by atoms with E-state index in [1.165, 1.54) is 18.7 Å². The minimum absolute atomic E-state index is 0.119. The van der Waals surface area contributed by atoms with E-state index in [2.05, 4.69) is 5.32 Å². The Balaban J connectivity index is 1.68. The Hall–Kier alpha value is -3.64. The van der Waals surface area contributed by atoms with Crippen LogP contribution >= 0.6 is 11.8 Å². The number of hydrogen-bond acceptors (Lipinski definition) is 4. The summed E-state index contributed by atoms with van der Waals surface area (Å²) in [5.74, 6) is -0.241. The van der Waals surface area contributed by atoms with E-state index in [0.717, 1.165) is 16.9 Å². The second-order valence-electron chi connectivity index (χ2n) is 6.62. The lowest BCUT2D eigenvalue weighted by atomic mass is 10.2. The fourth-order valence-corrected chi connectivity index (χ4v) is 3.98. The van der Waals surface area contributed by atoms with E-state index in [4.69, 9.17) is 4.99 Å². The van der Waals surface area contributed by atoms with Crippen LogP contribution < -0.4 is 10.2 Å². The monoisotopic (exact) mass is 413 g/mol. The predicted molar refractivity (Wildman–Crippen MR) is 124 cm³/mol. The van der Waals surface area contributed by atoms with E-state index < -0.39 is 0 Å². The Bertz CT molecular complexity index is 1120. The zero-order valence-electron chi connectivity index (χ0n) is 16.3. The first-order valence-electron chi connectivity index (χ1n) is 9.40. The number of amides is 2. The lowest BCUT2D eigenvalue weighted by Gasteiger charge is -2.15. The molecule has 4 rings (SSSR count). The van der Waals surface area contributed by atoms with Crippen molar-refractivity contribution in [3.8, 4) is 0 Å². The number of carbonyl (C=O) groups excluding carboxylic acids is 2. The third kappa shape index (κ3) is 4.50. The average molecular weight is 414 g/mol. The number of anilines is 2. The molecule has 0 radical (unpaired) electrons. The SMILES string of the molecule is CC(=O)Nc1ccc(C=C2SC(=Nc3ccccc3)N(c3ccccc3)C2=O)cc1. The summed E-state index contributed by atoms with van der Waals surface area (Å²) in [5, 5.41) is 3.35. The van der Waals surface area contributed by atoms with Gasteiger partial charge in [-0.1, -0.05) is 48.5 Å². The van der Waals surface area contributed by atoms with Gasteiger partial charge in [-0.05, 0) is 59.8 Å². The van der Waals surface area contributed by atoms with E-state index in [0.29, 0.717) is 15.8 Å². The van der Waals surface area contributed by atoms with Gasteiger partial charge < -0.3 is 5.32 Å². The quantitative estimate of drug-likeness (QED) is 0.578. The van der Waals surface area contributed by atoms with Crippen molar-refractivity contribution in [2.45, 2.75) is 6.92 Å². The maximum atomic E-state index is 13.2. The van der Waals surface area contributed by atoms with Crippen molar-refractivity contribution in [1.82, 2.24) is 0 Å². The van der Waals surface area contributed by atoms with Crippen LogP contribution in [-0.4, -0.2) is 17.0 Å². The molecule has 0 atom stereocenters. The molecule has 3 aromatic carbocycles. The highest BCUT2D eigenvalue weighted by Crippen LogP contribution is 2.37. The smallest absolute Gasteiger partial charge is 0.271 e. The van der Waals surface area contributed by atoms with Gasteiger partial charge in [0.25, 0.3) is 5.91 Å². The molecular weight excluding hydrogens is 394 g/mol. The molecule has 6 heteroatoms. The molecule has 2 amide bonds. The Morgan fingerprint density at radius 1 is 0.933 bits per heavy atom. The third-order valence-electron chi connectivity index (χ3n) is 4.33. The fourth-order valence-electron chi connectivity index (χ4n) is 2.98. The van der Waals surface area contributed by atoms with Crippen molar-refractivity contribution in [2.24, 2.45) is 4.99 Å². The highest BCUT2D eigenvalue weighted by atomic mass is 32.2. The van der Waals surface area contributed by atoms with Gasteiger partial charge in [0.05, 0.1) is 16.3 Å². The van der Waals surface area contributed by atoms with Gasteiger partial charge in [-0.15, -0.1) is 0 Å². The number of thioether (sulfide) groups is 1. The highest BCUT2D eigenvalue weighted by molar-refractivity contribution is 8.19. The van der Waals surface area contributed by atoms with Gasteiger partial charge in [0, 0.05) is 12.6 Å². The van der Waals surface area contributed by atoms with Crippen LogP contribution in [0.4, 0.5) is 17.1 Å². The molecule has 1 fully saturated rings. The van der Waals surface area contributed by atoms with Gasteiger partial charge >= 0.3 is 0 Å². The van der Waals surface area contributed by atoms with Gasteiger partial charge in [-0.25, -0.2) is 4.99 Å². The Morgan fingerprint density at radius 2 is 1.57 bits per heavy atom. The van der Waals surface area contributed by atoms with E-state index in [1.807, 2.05) is 91.0 Å². The average Bonchev–Trinajstić information content (AvgIpc) is 3.05. The number of para-hydroxylation sites is 2. The molecule has 1 aliphatic heterocycles. The molecule has 0 spiro atoms. The highest BCUT2D eigenvalue weighted by Gasteiger charge is 2.34. The Kier molecular flexibility index (Phi) is 5.77.